The van der Waals surface area contributed by atoms with Gasteiger partial charge in [0.1, 0.15) is 5.82 Å². The van der Waals surface area contributed by atoms with Crippen LogP contribution < -0.4 is 11.1 Å². The van der Waals surface area contributed by atoms with Crippen molar-refractivity contribution in [3.8, 4) is 0 Å². The number of nitrogen functional groups attached to an aromatic ring is 1. The summed E-state index contributed by atoms with van der Waals surface area (Å²) in [4.78, 5) is 13.4. The molecule has 2 aromatic carbocycles. The summed E-state index contributed by atoms with van der Waals surface area (Å²) >= 11 is 0. The lowest BCUT2D eigenvalue weighted by molar-refractivity contribution is 0.220. The maximum Gasteiger partial charge on any atom is 0.321 e. The number of carbonyl (C=O) groups is 1. The molecule has 0 saturated carbocycles. The summed E-state index contributed by atoms with van der Waals surface area (Å²) in [5.41, 5.74) is 7.32. The first-order valence-electron chi connectivity index (χ1n) is 6.17. The van der Waals surface area contributed by atoms with Crippen molar-refractivity contribution in [2.24, 2.45) is 0 Å². The second-order valence-electron chi connectivity index (χ2n) is 4.50. The summed E-state index contributed by atoms with van der Waals surface area (Å²) in [6, 6.07) is 12.9. The van der Waals surface area contributed by atoms with Crippen LogP contribution in [-0.2, 0) is 6.54 Å². The van der Waals surface area contributed by atoms with Crippen molar-refractivity contribution in [2.45, 2.75) is 6.54 Å². The van der Waals surface area contributed by atoms with Gasteiger partial charge in [-0.1, -0.05) is 18.2 Å². The van der Waals surface area contributed by atoms with Gasteiger partial charge in [-0.3, -0.25) is 0 Å². The molecule has 0 saturated heterocycles. The van der Waals surface area contributed by atoms with E-state index in [4.69, 9.17) is 5.73 Å². The molecule has 0 aliphatic rings. The molecule has 0 aliphatic carbocycles. The van der Waals surface area contributed by atoms with Gasteiger partial charge in [0.25, 0.3) is 0 Å². The van der Waals surface area contributed by atoms with Crippen LogP contribution >= 0.6 is 0 Å². The summed E-state index contributed by atoms with van der Waals surface area (Å²) in [5, 5.41) is 2.72. The lowest BCUT2D eigenvalue weighted by Gasteiger charge is -2.18. The van der Waals surface area contributed by atoms with Crippen LogP contribution in [0.5, 0.6) is 0 Å². The number of halogens is 1. The Kier molecular flexibility index (Phi) is 4.20. The third-order valence-corrected chi connectivity index (χ3v) is 2.87. The van der Waals surface area contributed by atoms with Gasteiger partial charge in [-0.2, -0.15) is 0 Å². The van der Waals surface area contributed by atoms with E-state index in [0.717, 1.165) is 0 Å². The van der Waals surface area contributed by atoms with E-state index in [1.165, 1.54) is 11.0 Å². The quantitative estimate of drug-likeness (QED) is 0.844. The van der Waals surface area contributed by atoms with Crippen LogP contribution in [0.25, 0.3) is 0 Å². The standard InChI is InChI=1S/C15H16FN3O/c1-19(10-11-4-2-3-5-14(11)16)15(20)18-13-8-6-12(17)7-9-13/h2-9H,10,17H2,1H3,(H,18,20). The Morgan fingerprint density at radius 1 is 1.20 bits per heavy atom. The van der Waals surface area contributed by atoms with Crippen molar-refractivity contribution >= 4 is 17.4 Å². The predicted molar refractivity (Wildman–Crippen MR) is 77.7 cm³/mol. The molecule has 0 heterocycles. The van der Waals surface area contributed by atoms with Gasteiger partial charge in [0, 0.05) is 30.5 Å². The maximum atomic E-state index is 13.5. The number of rotatable bonds is 3. The number of nitrogens with two attached hydrogens (primary N) is 1. The first-order valence-corrected chi connectivity index (χ1v) is 6.17. The van der Waals surface area contributed by atoms with Crippen LogP contribution in [0.1, 0.15) is 5.56 Å². The highest BCUT2D eigenvalue weighted by atomic mass is 19.1. The maximum absolute atomic E-state index is 13.5. The van der Waals surface area contributed by atoms with Crippen molar-refractivity contribution in [1.82, 2.24) is 4.90 Å². The summed E-state index contributed by atoms with van der Waals surface area (Å²) in [6.07, 6.45) is 0. The number of hydrogen-bond donors (Lipinski definition) is 2. The minimum Gasteiger partial charge on any atom is -0.399 e. The van der Waals surface area contributed by atoms with E-state index in [-0.39, 0.29) is 18.4 Å². The normalized spacial score (nSPS) is 10.1. The van der Waals surface area contributed by atoms with Gasteiger partial charge in [-0.05, 0) is 30.3 Å². The second kappa shape index (κ2) is 6.06. The van der Waals surface area contributed by atoms with Gasteiger partial charge in [0.15, 0.2) is 0 Å². The molecule has 0 aliphatic heterocycles. The number of nitrogens with one attached hydrogen (secondary N) is 1. The fourth-order valence-corrected chi connectivity index (χ4v) is 1.74. The summed E-state index contributed by atoms with van der Waals surface area (Å²) in [5.74, 6) is -0.320. The second-order valence-corrected chi connectivity index (χ2v) is 4.50. The number of anilines is 2. The van der Waals surface area contributed by atoms with E-state index in [0.29, 0.717) is 16.9 Å². The summed E-state index contributed by atoms with van der Waals surface area (Å²) in [7, 11) is 1.61. The molecular weight excluding hydrogens is 257 g/mol. The molecule has 0 atom stereocenters. The van der Waals surface area contributed by atoms with E-state index >= 15 is 0 Å². The van der Waals surface area contributed by atoms with Crippen LogP contribution in [0.15, 0.2) is 48.5 Å². The monoisotopic (exact) mass is 273 g/mol. The molecule has 3 N–H and O–H groups in total. The van der Waals surface area contributed by atoms with Crippen LogP contribution in [-0.4, -0.2) is 18.0 Å². The minimum absolute atomic E-state index is 0.202. The van der Waals surface area contributed by atoms with Crippen molar-refractivity contribution in [3.63, 3.8) is 0 Å². The van der Waals surface area contributed by atoms with Crippen LogP contribution in [0, 0.1) is 5.82 Å². The predicted octanol–water partition coefficient (Wildman–Crippen LogP) is 3.07. The average Bonchev–Trinajstić information content (AvgIpc) is 2.44. The van der Waals surface area contributed by atoms with Gasteiger partial charge in [0.05, 0.1) is 0 Å². The average molecular weight is 273 g/mol. The van der Waals surface area contributed by atoms with Crippen molar-refractivity contribution in [2.75, 3.05) is 18.1 Å². The fraction of sp³-hybridized carbons (Fsp3) is 0.133. The van der Waals surface area contributed by atoms with Gasteiger partial charge in [-0.15, -0.1) is 0 Å². The largest absolute Gasteiger partial charge is 0.399 e. The van der Waals surface area contributed by atoms with E-state index in [1.54, 1.807) is 49.5 Å². The Labute approximate surface area is 117 Å². The van der Waals surface area contributed by atoms with Crippen LogP contribution in [0.4, 0.5) is 20.6 Å². The lowest BCUT2D eigenvalue weighted by atomic mass is 10.2. The molecule has 0 radical (unpaired) electrons. The fourth-order valence-electron chi connectivity index (χ4n) is 1.74. The molecule has 2 amide bonds. The SMILES string of the molecule is CN(Cc1ccccc1F)C(=O)Nc1ccc(N)cc1. The molecule has 0 fully saturated rings. The van der Waals surface area contributed by atoms with Gasteiger partial charge < -0.3 is 16.0 Å². The number of benzene rings is 2. The Morgan fingerprint density at radius 2 is 1.85 bits per heavy atom. The topological polar surface area (TPSA) is 58.4 Å². The van der Waals surface area contributed by atoms with Crippen molar-refractivity contribution in [1.29, 1.82) is 0 Å². The smallest absolute Gasteiger partial charge is 0.321 e. The summed E-state index contributed by atoms with van der Waals surface area (Å²) < 4.78 is 13.5. The highest BCUT2D eigenvalue weighted by Crippen LogP contribution is 2.13. The zero-order valence-electron chi connectivity index (χ0n) is 11.1. The van der Waals surface area contributed by atoms with Gasteiger partial charge >= 0.3 is 6.03 Å². The molecular formula is C15H16FN3O. The Balaban J connectivity index is 1.99. The highest BCUT2D eigenvalue weighted by molar-refractivity contribution is 5.89. The molecule has 0 spiro atoms. The van der Waals surface area contributed by atoms with E-state index in [1.807, 2.05) is 0 Å². The number of urea groups is 1. The van der Waals surface area contributed by atoms with Crippen LogP contribution in [0.3, 0.4) is 0 Å². The lowest BCUT2D eigenvalue weighted by Crippen LogP contribution is -2.31. The minimum atomic E-state index is -0.320. The van der Waals surface area contributed by atoms with E-state index < -0.39 is 0 Å². The molecule has 4 nitrogen and oxygen atoms in total. The molecule has 0 aromatic heterocycles. The van der Waals surface area contributed by atoms with E-state index in [2.05, 4.69) is 5.32 Å². The third-order valence-electron chi connectivity index (χ3n) is 2.87. The Hall–Kier alpha value is -2.56. The molecule has 104 valence electrons. The zero-order valence-corrected chi connectivity index (χ0v) is 11.1. The first kappa shape index (κ1) is 13.9. The van der Waals surface area contributed by atoms with E-state index in [9.17, 15) is 9.18 Å². The number of amides is 2. The number of hydrogen-bond acceptors (Lipinski definition) is 2. The molecule has 20 heavy (non-hydrogen) atoms. The number of carbonyl (C=O) groups excluding carboxylic acids is 1. The third kappa shape index (κ3) is 3.47. The zero-order chi connectivity index (χ0) is 14.5. The molecule has 2 rings (SSSR count). The number of nitrogens with zero attached hydrogens (tertiary/aromatic N) is 1. The molecule has 2 aromatic rings. The van der Waals surface area contributed by atoms with Gasteiger partial charge in [-0.25, -0.2) is 9.18 Å². The van der Waals surface area contributed by atoms with Gasteiger partial charge in [0.2, 0.25) is 0 Å². The molecule has 5 heteroatoms. The Morgan fingerprint density at radius 3 is 2.50 bits per heavy atom. The van der Waals surface area contributed by atoms with Crippen LogP contribution in [0.2, 0.25) is 0 Å². The highest BCUT2D eigenvalue weighted by Gasteiger charge is 2.11. The molecule has 0 bridgehead atoms. The summed E-state index contributed by atoms with van der Waals surface area (Å²) in [6.45, 7) is 0.202. The Bertz CT molecular complexity index is 598. The molecule has 0 unspecified atom stereocenters. The van der Waals surface area contributed by atoms with Crippen molar-refractivity contribution < 1.29 is 9.18 Å². The van der Waals surface area contributed by atoms with Crippen molar-refractivity contribution in [3.05, 3.63) is 59.9 Å². The first-order chi connectivity index (χ1) is 9.56.